The highest BCUT2D eigenvalue weighted by Crippen LogP contribution is 2.09. The van der Waals surface area contributed by atoms with Crippen molar-refractivity contribution in [1.82, 2.24) is 5.43 Å². The Morgan fingerprint density at radius 1 is 1.43 bits per heavy atom. The minimum Gasteiger partial charge on any atom is -0.350 e. The number of carbonyl (C=O) groups excluding carboxylic acids is 1. The Balaban J connectivity index is 2.85. The Morgan fingerprint density at radius 2 is 2.00 bits per heavy atom. The Hall–Kier alpha value is -1.84. The van der Waals surface area contributed by atoms with E-state index >= 15 is 0 Å². The zero-order chi connectivity index (χ0) is 10.6. The normalized spacial score (nSPS) is 10.4. The van der Waals surface area contributed by atoms with Crippen molar-refractivity contribution in [3.05, 3.63) is 34.9 Å². The van der Waals surface area contributed by atoms with Crippen LogP contribution in [-0.4, -0.2) is 12.2 Å². The van der Waals surface area contributed by atoms with E-state index in [1.807, 2.05) is 32.0 Å². The van der Waals surface area contributed by atoms with Crippen molar-refractivity contribution in [1.29, 1.82) is 0 Å². The van der Waals surface area contributed by atoms with Gasteiger partial charge in [-0.2, -0.15) is 5.10 Å². The topological polar surface area (TPSA) is 67.5 Å². The second-order valence-electron chi connectivity index (χ2n) is 3.04. The molecule has 2 amide bonds. The van der Waals surface area contributed by atoms with Crippen molar-refractivity contribution in [2.75, 3.05) is 0 Å². The molecule has 1 aromatic carbocycles. The number of hydrogen-bond donors (Lipinski definition) is 2. The number of hydrogen-bond acceptors (Lipinski definition) is 2. The fraction of sp³-hybridized carbons (Fsp3) is 0.200. The Bertz CT molecular complexity index is 351. The van der Waals surface area contributed by atoms with Crippen molar-refractivity contribution in [3.63, 3.8) is 0 Å². The van der Waals surface area contributed by atoms with Gasteiger partial charge >= 0.3 is 6.03 Å². The molecule has 0 aromatic heterocycles. The van der Waals surface area contributed by atoms with Crippen molar-refractivity contribution in [2.45, 2.75) is 13.8 Å². The van der Waals surface area contributed by atoms with Gasteiger partial charge in [-0.15, -0.1) is 0 Å². The first kappa shape index (κ1) is 10.2. The van der Waals surface area contributed by atoms with Crippen LogP contribution in [0.5, 0.6) is 0 Å². The standard InChI is InChI=1S/C10H13N3O/c1-7-4-3-5-8(2)9(7)6-12-13-10(11)14/h3-6H,1-2H3,(H3,11,13,14)/b12-6+. The number of primary amides is 1. The third-order valence-electron chi connectivity index (χ3n) is 1.91. The molecule has 0 aliphatic rings. The van der Waals surface area contributed by atoms with E-state index in [9.17, 15) is 4.79 Å². The fourth-order valence-electron chi connectivity index (χ4n) is 1.19. The first-order valence-electron chi connectivity index (χ1n) is 4.26. The van der Waals surface area contributed by atoms with Gasteiger partial charge in [0, 0.05) is 5.56 Å². The van der Waals surface area contributed by atoms with E-state index in [0.717, 1.165) is 16.7 Å². The second-order valence-corrected chi connectivity index (χ2v) is 3.04. The quantitative estimate of drug-likeness (QED) is 0.537. The lowest BCUT2D eigenvalue weighted by atomic mass is 10.0. The lowest BCUT2D eigenvalue weighted by molar-refractivity contribution is 0.249. The van der Waals surface area contributed by atoms with Gasteiger partial charge in [0.2, 0.25) is 0 Å². The molecule has 74 valence electrons. The van der Waals surface area contributed by atoms with E-state index in [4.69, 9.17) is 5.73 Å². The maximum absolute atomic E-state index is 10.4. The van der Waals surface area contributed by atoms with E-state index in [1.165, 1.54) is 0 Å². The first-order valence-corrected chi connectivity index (χ1v) is 4.26. The molecule has 0 unspecified atom stereocenters. The summed E-state index contributed by atoms with van der Waals surface area (Å²) in [6.07, 6.45) is 1.59. The molecule has 4 nitrogen and oxygen atoms in total. The van der Waals surface area contributed by atoms with E-state index < -0.39 is 6.03 Å². The Labute approximate surface area is 82.8 Å². The molecule has 3 N–H and O–H groups in total. The lowest BCUT2D eigenvalue weighted by Crippen LogP contribution is -2.24. The summed E-state index contributed by atoms with van der Waals surface area (Å²) in [6, 6.07) is 5.29. The monoisotopic (exact) mass is 191 g/mol. The third-order valence-corrected chi connectivity index (χ3v) is 1.91. The lowest BCUT2D eigenvalue weighted by Gasteiger charge is -2.02. The van der Waals surface area contributed by atoms with E-state index in [2.05, 4.69) is 10.5 Å². The fourth-order valence-corrected chi connectivity index (χ4v) is 1.19. The molecule has 0 aliphatic carbocycles. The molecule has 0 fully saturated rings. The molecular formula is C10H13N3O. The Morgan fingerprint density at radius 3 is 2.50 bits per heavy atom. The van der Waals surface area contributed by atoms with Crippen molar-refractivity contribution in [2.24, 2.45) is 10.8 Å². The molecule has 0 atom stereocenters. The van der Waals surface area contributed by atoms with Gasteiger partial charge in [0.05, 0.1) is 6.21 Å². The number of aryl methyl sites for hydroxylation is 2. The van der Waals surface area contributed by atoms with E-state index in [0.29, 0.717) is 0 Å². The van der Waals surface area contributed by atoms with Gasteiger partial charge < -0.3 is 5.73 Å². The van der Waals surface area contributed by atoms with Crippen LogP contribution in [0.25, 0.3) is 0 Å². The smallest absolute Gasteiger partial charge is 0.332 e. The van der Waals surface area contributed by atoms with Crippen LogP contribution >= 0.6 is 0 Å². The van der Waals surface area contributed by atoms with Crippen LogP contribution < -0.4 is 11.2 Å². The minimum absolute atomic E-state index is 0.660. The number of rotatable bonds is 2. The average Bonchev–Trinajstić information content (AvgIpc) is 2.09. The number of urea groups is 1. The zero-order valence-corrected chi connectivity index (χ0v) is 8.24. The molecule has 0 bridgehead atoms. The van der Waals surface area contributed by atoms with Gasteiger partial charge in [0.1, 0.15) is 0 Å². The Kier molecular flexibility index (Phi) is 3.23. The van der Waals surface area contributed by atoms with Gasteiger partial charge in [-0.3, -0.25) is 0 Å². The van der Waals surface area contributed by atoms with Crippen LogP contribution in [0.4, 0.5) is 4.79 Å². The summed E-state index contributed by atoms with van der Waals surface area (Å²) >= 11 is 0. The van der Waals surface area contributed by atoms with E-state index in [-0.39, 0.29) is 0 Å². The molecule has 0 spiro atoms. The van der Waals surface area contributed by atoms with Gasteiger partial charge in [0.15, 0.2) is 0 Å². The van der Waals surface area contributed by atoms with Crippen molar-refractivity contribution in [3.8, 4) is 0 Å². The maximum Gasteiger partial charge on any atom is 0.332 e. The highest BCUT2D eigenvalue weighted by atomic mass is 16.2. The summed E-state index contributed by atoms with van der Waals surface area (Å²) in [5, 5.41) is 3.71. The van der Waals surface area contributed by atoms with Gasteiger partial charge in [-0.05, 0) is 25.0 Å². The average molecular weight is 191 g/mol. The maximum atomic E-state index is 10.4. The van der Waals surface area contributed by atoms with Crippen LogP contribution in [0.1, 0.15) is 16.7 Å². The summed E-state index contributed by atoms with van der Waals surface area (Å²) in [5.74, 6) is 0. The molecule has 0 radical (unpaired) electrons. The number of nitrogens with zero attached hydrogens (tertiary/aromatic N) is 1. The largest absolute Gasteiger partial charge is 0.350 e. The number of hydrazone groups is 1. The number of carbonyl (C=O) groups is 1. The summed E-state index contributed by atoms with van der Waals surface area (Å²) in [4.78, 5) is 10.4. The predicted octanol–water partition coefficient (Wildman–Crippen LogP) is 1.31. The van der Waals surface area contributed by atoms with Gasteiger partial charge in [-0.25, -0.2) is 10.2 Å². The molecule has 1 aromatic rings. The SMILES string of the molecule is Cc1cccc(C)c1/C=N/NC(N)=O. The minimum atomic E-state index is -0.660. The first-order chi connectivity index (χ1) is 6.61. The third kappa shape index (κ3) is 2.58. The van der Waals surface area contributed by atoms with Crippen LogP contribution in [0, 0.1) is 13.8 Å². The van der Waals surface area contributed by atoms with E-state index in [1.54, 1.807) is 6.21 Å². The number of benzene rings is 1. The van der Waals surface area contributed by atoms with Crippen LogP contribution in [-0.2, 0) is 0 Å². The summed E-state index contributed by atoms with van der Waals surface area (Å²) in [5.41, 5.74) is 10.2. The summed E-state index contributed by atoms with van der Waals surface area (Å²) < 4.78 is 0. The highest BCUT2D eigenvalue weighted by Gasteiger charge is 1.97. The number of nitrogens with two attached hydrogens (primary N) is 1. The van der Waals surface area contributed by atoms with Crippen LogP contribution in [0.3, 0.4) is 0 Å². The molecule has 14 heavy (non-hydrogen) atoms. The van der Waals surface area contributed by atoms with Crippen LogP contribution in [0.15, 0.2) is 23.3 Å². The molecule has 4 heteroatoms. The van der Waals surface area contributed by atoms with Crippen molar-refractivity contribution < 1.29 is 4.79 Å². The highest BCUT2D eigenvalue weighted by molar-refractivity contribution is 5.84. The molecular weight excluding hydrogens is 178 g/mol. The molecule has 0 heterocycles. The molecule has 0 saturated heterocycles. The molecule has 0 saturated carbocycles. The number of amides is 2. The van der Waals surface area contributed by atoms with Crippen LogP contribution in [0.2, 0.25) is 0 Å². The predicted molar refractivity (Wildman–Crippen MR) is 56.2 cm³/mol. The van der Waals surface area contributed by atoms with Crippen molar-refractivity contribution >= 4 is 12.2 Å². The zero-order valence-electron chi connectivity index (χ0n) is 8.24. The van der Waals surface area contributed by atoms with Gasteiger partial charge in [-0.1, -0.05) is 18.2 Å². The summed E-state index contributed by atoms with van der Waals surface area (Å²) in [7, 11) is 0. The second kappa shape index (κ2) is 4.41. The molecule has 1 rings (SSSR count). The van der Waals surface area contributed by atoms with Gasteiger partial charge in [0.25, 0.3) is 0 Å². The molecule has 0 aliphatic heterocycles. The summed E-state index contributed by atoms with van der Waals surface area (Å²) in [6.45, 7) is 3.97. The number of nitrogens with one attached hydrogen (secondary N) is 1.